The van der Waals surface area contributed by atoms with Crippen LogP contribution in [0.2, 0.25) is 0 Å². The molecule has 0 bridgehead atoms. The minimum absolute atomic E-state index is 0.120. The topological polar surface area (TPSA) is 63.3 Å². The van der Waals surface area contributed by atoms with Crippen molar-refractivity contribution in [2.75, 3.05) is 0 Å². The smallest absolute Gasteiger partial charge is 0.305 e. The summed E-state index contributed by atoms with van der Waals surface area (Å²) in [6.07, 6.45) is -0.227. The number of benzene rings is 2. The Morgan fingerprint density at radius 3 is 2.60 bits per heavy atom. The van der Waals surface area contributed by atoms with Gasteiger partial charge < -0.3 is 10.8 Å². The minimum atomic E-state index is -1.01. The Morgan fingerprint density at radius 2 is 1.90 bits per heavy atom. The van der Waals surface area contributed by atoms with E-state index in [9.17, 15) is 13.6 Å². The average molecular weight is 277 g/mol. The van der Waals surface area contributed by atoms with Crippen LogP contribution in [0.25, 0.3) is 11.1 Å². The van der Waals surface area contributed by atoms with E-state index in [1.807, 2.05) is 0 Å². The maximum atomic E-state index is 13.7. The normalized spacial score (nSPS) is 12.2. The zero-order valence-electron chi connectivity index (χ0n) is 10.5. The number of carbonyl (C=O) groups is 1. The van der Waals surface area contributed by atoms with Crippen molar-refractivity contribution in [3.05, 3.63) is 59.7 Å². The van der Waals surface area contributed by atoms with Crippen molar-refractivity contribution < 1.29 is 18.7 Å². The molecular formula is C15H13F2NO2. The highest BCUT2D eigenvalue weighted by atomic mass is 19.2. The van der Waals surface area contributed by atoms with Gasteiger partial charge in [-0.1, -0.05) is 30.3 Å². The van der Waals surface area contributed by atoms with Gasteiger partial charge in [0.25, 0.3) is 0 Å². The second-order valence-corrected chi connectivity index (χ2v) is 4.43. The molecule has 1 atom stereocenters. The second kappa shape index (κ2) is 5.79. The summed E-state index contributed by atoms with van der Waals surface area (Å²) < 4.78 is 26.9. The van der Waals surface area contributed by atoms with E-state index < -0.39 is 23.6 Å². The first-order chi connectivity index (χ1) is 9.49. The molecule has 0 spiro atoms. The highest BCUT2D eigenvalue weighted by Gasteiger charge is 2.13. The van der Waals surface area contributed by atoms with Gasteiger partial charge in [0.05, 0.1) is 6.42 Å². The lowest BCUT2D eigenvalue weighted by molar-refractivity contribution is -0.137. The fourth-order valence-corrected chi connectivity index (χ4v) is 1.97. The highest BCUT2D eigenvalue weighted by Crippen LogP contribution is 2.27. The van der Waals surface area contributed by atoms with Crippen molar-refractivity contribution in [2.24, 2.45) is 5.73 Å². The van der Waals surface area contributed by atoms with Crippen LogP contribution >= 0.6 is 0 Å². The maximum absolute atomic E-state index is 13.7. The number of aliphatic carboxylic acids is 1. The molecule has 0 aliphatic rings. The summed E-state index contributed by atoms with van der Waals surface area (Å²) in [5, 5.41) is 8.72. The lowest BCUT2D eigenvalue weighted by Gasteiger charge is -2.11. The van der Waals surface area contributed by atoms with Crippen molar-refractivity contribution >= 4 is 5.97 Å². The third-order valence-corrected chi connectivity index (χ3v) is 2.97. The van der Waals surface area contributed by atoms with Crippen LogP contribution in [0.1, 0.15) is 18.0 Å². The molecule has 104 valence electrons. The van der Waals surface area contributed by atoms with Crippen LogP contribution in [0, 0.1) is 11.6 Å². The predicted molar refractivity (Wildman–Crippen MR) is 71.0 cm³/mol. The lowest BCUT2D eigenvalue weighted by atomic mass is 9.98. The zero-order chi connectivity index (χ0) is 14.7. The summed E-state index contributed by atoms with van der Waals surface area (Å²) in [5.74, 6) is -2.88. The Labute approximate surface area is 114 Å². The van der Waals surface area contributed by atoms with Gasteiger partial charge in [-0.2, -0.15) is 0 Å². The van der Waals surface area contributed by atoms with E-state index in [2.05, 4.69) is 0 Å². The lowest BCUT2D eigenvalue weighted by Crippen LogP contribution is -2.14. The van der Waals surface area contributed by atoms with Crippen LogP contribution in [-0.2, 0) is 4.79 Å². The predicted octanol–water partition coefficient (Wildman–Crippen LogP) is 3.11. The van der Waals surface area contributed by atoms with E-state index in [1.165, 1.54) is 12.1 Å². The molecule has 0 aromatic heterocycles. The average Bonchev–Trinajstić information content (AvgIpc) is 2.41. The number of halogens is 2. The Balaban J connectivity index is 2.39. The minimum Gasteiger partial charge on any atom is -0.481 e. The van der Waals surface area contributed by atoms with Crippen LogP contribution in [0.4, 0.5) is 8.78 Å². The first-order valence-electron chi connectivity index (χ1n) is 6.00. The summed E-state index contributed by atoms with van der Waals surface area (Å²) >= 11 is 0. The Morgan fingerprint density at radius 1 is 1.20 bits per heavy atom. The number of nitrogens with two attached hydrogens (primary N) is 1. The molecule has 5 heteroatoms. The van der Waals surface area contributed by atoms with E-state index >= 15 is 0 Å². The van der Waals surface area contributed by atoms with Gasteiger partial charge in [-0.3, -0.25) is 4.79 Å². The van der Waals surface area contributed by atoms with Gasteiger partial charge in [-0.25, -0.2) is 8.78 Å². The molecule has 20 heavy (non-hydrogen) atoms. The monoisotopic (exact) mass is 277 g/mol. The molecule has 0 amide bonds. The molecular weight excluding hydrogens is 264 g/mol. The summed E-state index contributed by atoms with van der Waals surface area (Å²) in [6, 6.07) is 9.71. The molecule has 0 saturated heterocycles. The Bertz CT molecular complexity index is 644. The molecule has 2 aromatic rings. The van der Waals surface area contributed by atoms with E-state index in [4.69, 9.17) is 10.8 Å². The van der Waals surface area contributed by atoms with Gasteiger partial charge in [-0.15, -0.1) is 0 Å². The van der Waals surface area contributed by atoms with Gasteiger partial charge >= 0.3 is 5.97 Å². The SMILES string of the molecule is N[C@@H](CC(=O)O)c1cccc(-c2cccc(F)c2F)c1. The van der Waals surface area contributed by atoms with Crippen LogP contribution in [-0.4, -0.2) is 11.1 Å². The third kappa shape index (κ3) is 3.00. The van der Waals surface area contributed by atoms with Crippen LogP contribution in [0.15, 0.2) is 42.5 Å². The Hall–Kier alpha value is -2.27. The number of hydrogen-bond donors (Lipinski definition) is 2. The number of carboxylic acid groups (broad SMARTS) is 1. The summed E-state index contributed by atoms with van der Waals surface area (Å²) in [6.45, 7) is 0. The van der Waals surface area contributed by atoms with Crippen LogP contribution in [0.3, 0.4) is 0 Å². The van der Waals surface area contributed by atoms with Crippen molar-refractivity contribution in [1.29, 1.82) is 0 Å². The molecule has 0 unspecified atom stereocenters. The van der Waals surface area contributed by atoms with Gasteiger partial charge in [-0.05, 0) is 23.3 Å². The molecule has 0 aliphatic heterocycles. The van der Waals surface area contributed by atoms with Gasteiger partial charge in [0.2, 0.25) is 0 Å². The largest absolute Gasteiger partial charge is 0.481 e. The van der Waals surface area contributed by atoms with Crippen molar-refractivity contribution in [3.8, 4) is 11.1 Å². The number of hydrogen-bond acceptors (Lipinski definition) is 2. The first-order valence-corrected chi connectivity index (χ1v) is 6.00. The standard InChI is InChI=1S/C15H13F2NO2/c16-12-6-2-5-11(15(12)17)9-3-1-4-10(7-9)13(18)8-14(19)20/h1-7,13H,8,18H2,(H,19,20)/t13-/m0/s1. The molecule has 0 fully saturated rings. The van der Waals surface area contributed by atoms with Crippen molar-refractivity contribution in [1.82, 2.24) is 0 Å². The van der Waals surface area contributed by atoms with E-state index in [0.717, 1.165) is 6.07 Å². The zero-order valence-corrected chi connectivity index (χ0v) is 10.5. The second-order valence-electron chi connectivity index (χ2n) is 4.43. The first kappa shape index (κ1) is 14.1. The quantitative estimate of drug-likeness (QED) is 0.902. The van der Waals surface area contributed by atoms with Crippen LogP contribution in [0.5, 0.6) is 0 Å². The summed E-state index contributed by atoms with van der Waals surface area (Å²) in [4.78, 5) is 10.6. The van der Waals surface area contributed by atoms with Crippen LogP contribution < -0.4 is 5.73 Å². The summed E-state index contributed by atoms with van der Waals surface area (Å²) in [7, 11) is 0. The highest BCUT2D eigenvalue weighted by molar-refractivity contribution is 5.69. The maximum Gasteiger partial charge on any atom is 0.305 e. The Kier molecular flexibility index (Phi) is 4.10. The molecule has 0 heterocycles. The van der Waals surface area contributed by atoms with Gasteiger partial charge in [0.15, 0.2) is 11.6 Å². The fourth-order valence-electron chi connectivity index (χ4n) is 1.97. The molecule has 3 nitrogen and oxygen atoms in total. The number of rotatable bonds is 4. The molecule has 2 aromatic carbocycles. The van der Waals surface area contributed by atoms with Crippen molar-refractivity contribution in [2.45, 2.75) is 12.5 Å². The van der Waals surface area contributed by atoms with Gasteiger partial charge in [0, 0.05) is 11.6 Å². The van der Waals surface area contributed by atoms with E-state index in [1.54, 1.807) is 24.3 Å². The van der Waals surface area contributed by atoms with Gasteiger partial charge in [0.1, 0.15) is 0 Å². The number of carboxylic acids is 1. The van der Waals surface area contributed by atoms with E-state index in [0.29, 0.717) is 11.1 Å². The third-order valence-electron chi connectivity index (χ3n) is 2.97. The fraction of sp³-hybridized carbons (Fsp3) is 0.133. The molecule has 0 radical (unpaired) electrons. The molecule has 3 N–H and O–H groups in total. The molecule has 2 rings (SSSR count). The molecule has 0 saturated carbocycles. The van der Waals surface area contributed by atoms with E-state index in [-0.39, 0.29) is 12.0 Å². The molecule has 0 aliphatic carbocycles. The van der Waals surface area contributed by atoms with Crippen molar-refractivity contribution in [3.63, 3.8) is 0 Å². The summed E-state index contributed by atoms with van der Waals surface area (Å²) in [5.41, 5.74) is 6.90.